The third-order valence-electron chi connectivity index (χ3n) is 4.08. The molecule has 1 aliphatic heterocycles. The van der Waals surface area contributed by atoms with Gasteiger partial charge in [-0.05, 0) is 17.7 Å². The van der Waals surface area contributed by atoms with Crippen LogP contribution in [-0.4, -0.2) is 42.4 Å². The van der Waals surface area contributed by atoms with E-state index in [9.17, 15) is 4.79 Å². The molecule has 0 radical (unpaired) electrons. The molecule has 0 saturated carbocycles. The van der Waals surface area contributed by atoms with Gasteiger partial charge < -0.3 is 4.74 Å². The number of rotatable bonds is 5. The van der Waals surface area contributed by atoms with E-state index in [1.54, 1.807) is 13.2 Å². The molecule has 3 rings (SSSR count). The zero-order valence-corrected chi connectivity index (χ0v) is 14.1. The zero-order chi connectivity index (χ0) is 16.1. The molecule has 0 aliphatic carbocycles. The van der Waals surface area contributed by atoms with Gasteiger partial charge in [0.1, 0.15) is 5.75 Å². The van der Waals surface area contributed by atoms with Gasteiger partial charge in [-0.25, -0.2) is 0 Å². The molecule has 0 atom stereocenters. The minimum absolute atomic E-state index is 0.00312. The van der Waals surface area contributed by atoms with E-state index in [1.165, 1.54) is 17.1 Å². The summed E-state index contributed by atoms with van der Waals surface area (Å²) in [5.74, 6) is 3.05. The third-order valence-corrected chi connectivity index (χ3v) is 5.02. The summed E-state index contributed by atoms with van der Waals surface area (Å²) < 4.78 is 5.28. The normalized spacial score (nSPS) is 15.3. The number of hydrogen-bond donors (Lipinski definition) is 0. The lowest BCUT2D eigenvalue weighted by molar-refractivity contribution is 0.103. The van der Waals surface area contributed by atoms with Gasteiger partial charge in [0.15, 0.2) is 5.78 Å². The smallest absolute Gasteiger partial charge is 0.196 e. The van der Waals surface area contributed by atoms with Crippen molar-refractivity contribution in [3.63, 3.8) is 0 Å². The number of ether oxygens (including phenoxy) is 1. The highest BCUT2D eigenvalue weighted by molar-refractivity contribution is 7.99. The van der Waals surface area contributed by atoms with E-state index in [1.807, 2.05) is 42.1 Å². The molecule has 23 heavy (non-hydrogen) atoms. The van der Waals surface area contributed by atoms with Gasteiger partial charge in [-0.15, -0.1) is 0 Å². The van der Waals surface area contributed by atoms with Crippen LogP contribution in [0.25, 0.3) is 0 Å². The first-order valence-corrected chi connectivity index (χ1v) is 9.00. The minimum atomic E-state index is 0.00312. The molecule has 0 spiro atoms. The predicted octanol–water partition coefficient (Wildman–Crippen LogP) is 3.48. The molecule has 120 valence electrons. The number of carbonyl (C=O) groups excluding carboxylic acids is 1. The van der Waals surface area contributed by atoms with E-state index in [0.717, 1.165) is 19.6 Å². The van der Waals surface area contributed by atoms with Gasteiger partial charge in [-0.3, -0.25) is 9.69 Å². The monoisotopic (exact) mass is 327 g/mol. The standard InChI is InChI=1S/C19H21NO2S/c1-22-18-5-3-2-4-17(18)19(21)16-8-6-15(7-9-16)14-20-10-12-23-13-11-20/h2-9H,10-14H2,1H3. The van der Waals surface area contributed by atoms with Crippen LogP contribution in [0.1, 0.15) is 21.5 Å². The quantitative estimate of drug-likeness (QED) is 0.787. The lowest BCUT2D eigenvalue weighted by Gasteiger charge is -2.26. The van der Waals surface area contributed by atoms with Crippen molar-refractivity contribution < 1.29 is 9.53 Å². The number of para-hydroxylation sites is 1. The first-order chi connectivity index (χ1) is 11.3. The number of ketones is 1. The van der Waals surface area contributed by atoms with Crippen LogP contribution in [0.15, 0.2) is 48.5 Å². The summed E-state index contributed by atoms with van der Waals surface area (Å²) in [5.41, 5.74) is 2.57. The number of hydrogen-bond acceptors (Lipinski definition) is 4. The number of methoxy groups -OCH3 is 1. The fraction of sp³-hybridized carbons (Fsp3) is 0.316. The van der Waals surface area contributed by atoms with Gasteiger partial charge in [-0.2, -0.15) is 11.8 Å². The van der Waals surface area contributed by atoms with Crippen molar-refractivity contribution in [3.05, 3.63) is 65.2 Å². The van der Waals surface area contributed by atoms with Crippen LogP contribution >= 0.6 is 11.8 Å². The molecule has 0 aromatic heterocycles. The first-order valence-electron chi connectivity index (χ1n) is 7.84. The summed E-state index contributed by atoms with van der Waals surface area (Å²) in [6, 6.07) is 15.3. The number of benzene rings is 2. The summed E-state index contributed by atoms with van der Waals surface area (Å²) in [6.07, 6.45) is 0. The van der Waals surface area contributed by atoms with Gasteiger partial charge in [0, 0.05) is 36.7 Å². The van der Waals surface area contributed by atoms with Crippen molar-refractivity contribution in [1.82, 2.24) is 4.90 Å². The molecule has 2 aromatic carbocycles. The van der Waals surface area contributed by atoms with E-state index in [2.05, 4.69) is 17.0 Å². The number of carbonyl (C=O) groups is 1. The molecule has 1 saturated heterocycles. The second kappa shape index (κ2) is 7.66. The van der Waals surface area contributed by atoms with Crippen molar-refractivity contribution in [2.24, 2.45) is 0 Å². The third kappa shape index (κ3) is 3.95. The van der Waals surface area contributed by atoms with Gasteiger partial charge >= 0.3 is 0 Å². The molecule has 4 heteroatoms. The maximum atomic E-state index is 12.6. The van der Waals surface area contributed by atoms with Crippen LogP contribution in [0.4, 0.5) is 0 Å². The van der Waals surface area contributed by atoms with E-state index in [0.29, 0.717) is 16.9 Å². The maximum Gasteiger partial charge on any atom is 0.196 e. The van der Waals surface area contributed by atoms with Crippen LogP contribution in [0.2, 0.25) is 0 Å². The molecular weight excluding hydrogens is 306 g/mol. The van der Waals surface area contributed by atoms with Gasteiger partial charge in [0.05, 0.1) is 12.7 Å². The Morgan fingerprint density at radius 3 is 2.48 bits per heavy atom. The largest absolute Gasteiger partial charge is 0.496 e. The molecule has 1 heterocycles. The second-order valence-electron chi connectivity index (χ2n) is 5.61. The lowest BCUT2D eigenvalue weighted by Crippen LogP contribution is -2.31. The van der Waals surface area contributed by atoms with Gasteiger partial charge in [-0.1, -0.05) is 36.4 Å². The predicted molar refractivity (Wildman–Crippen MR) is 95.5 cm³/mol. The van der Waals surface area contributed by atoms with Gasteiger partial charge in [0.2, 0.25) is 0 Å². The molecule has 0 bridgehead atoms. The minimum Gasteiger partial charge on any atom is -0.496 e. The molecule has 0 N–H and O–H groups in total. The fourth-order valence-electron chi connectivity index (χ4n) is 2.77. The highest BCUT2D eigenvalue weighted by atomic mass is 32.2. The summed E-state index contributed by atoms with van der Waals surface area (Å²) in [6.45, 7) is 3.25. The summed E-state index contributed by atoms with van der Waals surface area (Å²) in [4.78, 5) is 15.1. The lowest BCUT2D eigenvalue weighted by atomic mass is 10.0. The Kier molecular flexibility index (Phi) is 5.36. The maximum absolute atomic E-state index is 12.6. The number of nitrogens with zero attached hydrogens (tertiary/aromatic N) is 1. The SMILES string of the molecule is COc1ccccc1C(=O)c1ccc(CN2CCSCC2)cc1. The molecule has 1 aliphatic rings. The summed E-state index contributed by atoms with van der Waals surface area (Å²) in [5, 5.41) is 0. The molecular formula is C19H21NO2S. The molecule has 3 nitrogen and oxygen atoms in total. The average Bonchev–Trinajstić information content (AvgIpc) is 2.62. The van der Waals surface area contributed by atoms with E-state index >= 15 is 0 Å². The second-order valence-corrected chi connectivity index (χ2v) is 6.84. The van der Waals surface area contributed by atoms with Crippen molar-refractivity contribution in [3.8, 4) is 5.75 Å². The number of thioether (sulfide) groups is 1. The average molecular weight is 327 g/mol. The Morgan fingerprint density at radius 2 is 1.78 bits per heavy atom. The first kappa shape index (κ1) is 16.1. The van der Waals surface area contributed by atoms with Crippen LogP contribution in [0.3, 0.4) is 0 Å². The highest BCUT2D eigenvalue weighted by Crippen LogP contribution is 2.21. The topological polar surface area (TPSA) is 29.5 Å². The summed E-state index contributed by atoms with van der Waals surface area (Å²) in [7, 11) is 1.59. The van der Waals surface area contributed by atoms with E-state index in [4.69, 9.17) is 4.74 Å². The van der Waals surface area contributed by atoms with Crippen molar-refractivity contribution >= 4 is 17.5 Å². The Labute approximate surface area is 141 Å². The molecule has 2 aromatic rings. The molecule has 0 unspecified atom stereocenters. The van der Waals surface area contributed by atoms with Crippen LogP contribution in [0, 0.1) is 0 Å². The van der Waals surface area contributed by atoms with E-state index < -0.39 is 0 Å². The molecule has 1 fully saturated rings. The van der Waals surface area contributed by atoms with Crippen molar-refractivity contribution in [1.29, 1.82) is 0 Å². The van der Waals surface area contributed by atoms with Crippen molar-refractivity contribution in [2.75, 3.05) is 31.7 Å². The Hall–Kier alpha value is -1.78. The molecule has 0 amide bonds. The van der Waals surface area contributed by atoms with Crippen LogP contribution < -0.4 is 4.74 Å². The van der Waals surface area contributed by atoms with Crippen LogP contribution in [-0.2, 0) is 6.54 Å². The Bertz CT molecular complexity index is 663. The Morgan fingerprint density at radius 1 is 1.09 bits per heavy atom. The highest BCUT2D eigenvalue weighted by Gasteiger charge is 2.14. The fourth-order valence-corrected chi connectivity index (χ4v) is 3.75. The Balaban J connectivity index is 1.72. The van der Waals surface area contributed by atoms with Gasteiger partial charge in [0.25, 0.3) is 0 Å². The van der Waals surface area contributed by atoms with Crippen molar-refractivity contribution in [2.45, 2.75) is 6.54 Å². The zero-order valence-electron chi connectivity index (χ0n) is 13.3. The van der Waals surface area contributed by atoms with Crippen LogP contribution in [0.5, 0.6) is 5.75 Å². The summed E-state index contributed by atoms with van der Waals surface area (Å²) >= 11 is 2.02. The van der Waals surface area contributed by atoms with E-state index in [-0.39, 0.29) is 5.78 Å².